The highest BCUT2D eigenvalue weighted by Crippen LogP contribution is 2.25. The van der Waals surface area contributed by atoms with Crippen molar-refractivity contribution in [3.05, 3.63) is 83.8 Å². The first kappa shape index (κ1) is 17.4. The predicted octanol–water partition coefficient (Wildman–Crippen LogP) is 4.53. The van der Waals surface area contributed by atoms with Crippen LogP contribution < -0.4 is 10.1 Å². The second-order valence-electron chi connectivity index (χ2n) is 6.30. The molecule has 28 heavy (non-hydrogen) atoms. The number of hydrogen-bond donors (Lipinski definition) is 1. The Bertz CT molecular complexity index is 1170. The quantitative estimate of drug-likeness (QED) is 0.558. The van der Waals surface area contributed by atoms with Crippen LogP contribution >= 0.6 is 0 Å². The van der Waals surface area contributed by atoms with E-state index < -0.39 is 0 Å². The number of aryl methyl sites for hydroxylation is 1. The van der Waals surface area contributed by atoms with Crippen LogP contribution in [-0.2, 0) is 6.61 Å². The number of aromatic nitrogens is 3. The van der Waals surface area contributed by atoms with Gasteiger partial charge in [0.15, 0.2) is 5.65 Å². The third-order valence-electron chi connectivity index (χ3n) is 4.22. The van der Waals surface area contributed by atoms with Crippen LogP contribution in [0.15, 0.2) is 67.0 Å². The van der Waals surface area contributed by atoms with E-state index in [9.17, 15) is 0 Å². The van der Waals surface area contributed by atoms with Gasteiger partial charge in [-0.1, -0.05) is 18.2 Å². The van der Waals surface area contributed by atoms with E-state index in [0.717, 1.165) is 28.1 Å². The molecule has 0 saturated carbocycles. The van der Waals surface area contributed by atoms with Crippen molar-refractivity contribution in [1.29, 1.82) is 5.26 Å². The summed E-state index contributed by atoms with van der Waals surface area (Å²) in [6, 6.07) is 21.0. The van der Waals surface area contributed by atoms with Crippen molar-refractivity contribution in [2.75, 3.05) is 5.32 Å². The van der Waals surface area contributed by atoms with Gasteiger partial charge in [0.05, 0.1) is 17.0 Å². The Hall–Kier alpha value is -3.98. The lowest BCUT2D eigenvalue weighted by molar-refractivity contribution is 0.306. The van der Waals surface area contributed by atoms with Gasteiger partial charge in [-0.05, 0) is 48.9 Å². The monoisotopic (exact) mass is 367 g/mol. The Morgan fingerprint density at radius 2 is 1.89 bits per heavy atom. The molecule has 1 N–H and O–H groups in total. The molecule has 0 aliphatic carbocycles. The molecule has 0 radical (unpaired) electrons. The summed E-state index contributed by atoms with van der Waals surface area (Å²) in [7, 11) is 0. The molecule has 0 spiro atoms. The van der Waals surface area contributed by atoms with Gasteiger partial charge in [-0.25, -0.2) is 15.0 Å². The normalized spacial score (nSPS) is 10.4. The van der Waals surface area contributed by atoms with E-state index >= 15 is 0 Å². The average molecular weight is 367 g/mol. The van der Waals surface area contributed by atoms with Crippen molar-refractivity contribution < 1.29 is 4.74 Å². The van der Waals surface area contributed by atoms with Gasteiger partial charge in [-0.3, -0.25) is 0 Å². The third-order valence-corrected chi connectivity index (χ3v) is 4.22. The summed E-state index contributed by atoms with van der Waals surface area (Å²) in [4.78, 5) is 13.0. The zero-order valence-electron chi connectivity index (χ0n) is 15.3. The SMILES string of the molecule is Cc1ccc2c(Nc3cccc(OCc4ccc(C#N)cc4)c3)ncnc2n1. The first-order valence-corrected chi connectivity index (χ1v) is 8.78. The van der Waals surface area contributed by atoms with Gasteiger partial charge < -0.3 is 10.1 Å². The number of benzene rings is 2. The van der Waals surface area contributed by atoms with Gasteiger partial charge in [-0.15, -0.1) is 0 Å². The highest BCUT2D eigenvalue weighted by atomic mass is 16.5. The predicted molar refractivity (Wildman–Crippen MR) is 107 cm³/mol. The van der Waals surface area contributed by atoms with Gasteiger partial charge in [0.2, 0.25) is 0 Å². The maximum atomic E-state index is 8.87. The van der Waals surface area contributed by atoms with Crippen LogP contribution in [0.1, 0.15) is 16.8 Å². The van der Waals surface area contributed by atoms with Gasteiger partial charge >= 0.3 is 0 Å². The molecular formula is C22H17N5O. The van der Waals surface area contributed by atoms with E-state index in [4.69, 9.17) is 10.00 Å². The van der Waals surface area contributed by atoms with Crippen molar-refractivity contribution in [2.45, 2.75) is 13.5 Å². The number of pyridine rings is 1. The number of nitrogens with one attached hydrogen (secondary N) is 1. The third kappa shape index (κ3) is 3.89. The van der Waals surface area contributed by atoms with Crippen LogP contribution in [0.25, 0.3) is 11.0 Å². The molecular weight excluding hydrogens is 350 g/mol. The lowest BCUT2D eigenvalue weighted by Gasteiger charge is -2.11. The lowest BCUT2D eigenvalue weighted by Crippen LogP contribution is -1.99. The van der Waals surface area contributed by atoms with Gasteiger partial charge in [0.1, 0.15) is 24.5 Å². The summed E-state index contributed by atoms with van der Waals surface area (Å²) in [5, 5.41) is 13.0. The van der Waals surface area contributed by atoms with E-state index in [0.29, 0.717) is 23.6 Å². The highest BCUT2D eigenvalue weighted by Gasteiger charge is 2.06. The molecule has 2 aromatic carbocycles. The molecule has 4 aromatic rings. The number of fused-ring (bicyclic) bond motifs is 1. The molecule has 2 heterocycles. The smallest absolute Gasteiger partial charge is 0.164 e. The summed E-state index contributed by atoms with van der Waals surface area (Å²) in [5.41, 5.74) is 4.07. The Morgan fingerprint density at radius 1 is 1.04 bits per heavy atom. The topological polar surface area (TPSA) is 83.7 Å². The molecule has 4 rings (SSSR count). The molecule has 0 bridgehead atoms. The van der Waals surface area contributed by atoms with Crippen LogP contribution in [0.5, 0.6) is 5.75 Å². The molecule has 0 fully saturated rings. The Morgan fingerprint density at radius 3 is 2.71 bits per heavy atom. The van der Waals surface area contributed by atoms with E-state index in [2.05, 4.69) is 26.3 Å². The van der Waals surface area contributed by atoms with Crippen molar-refractivity contribution in [3.63, 3.8) is 0 Å². The van der Waals surface area contributed by atoms with Crippen molar-refractivity contribution in [3.8, 4) is 11.8 Å². The Balaban J connectivity index is 1.50. The summed E-state index contributed by atoms with van der Waals surface area (Å²) in [5.74, 6) is 1.43. The minimum atomic E-state index is 0.425. The molecule has 0 aliphatic heterocycles. The lowest BCUT2D eigenvalue weighted by atomic mass is 10.1. The fraction of sp³-hybridized carbons (Fsp3) is 0.0909. The van der Waals surface area contributed by atoms with Crippen LogP contribution in [0.4, 0.5) is 11.5 Å². The highest BCUT2D eigenvalue weighted by molar-refractivity contribution is 5.88. The fourth-order valence-corrected chi connectivity index (χ4v) is 2.78. The average Bonchev–Trinajstić information content (AvgIpc) is 2.73. The molecule has 6 heteroatoms. The summed E-state index contributed by atoms with van der Waals surface area (Å²) >= 11 is 0. The van der Waals surface area contributed by atoms with E-state index in [-0.39, 0.29) is 0 Å². The zero-order valence-corrected chi connectivity index (χ0v) is 15.3. The number of hydrogen-bond acceptors (Lipinski definition) is 6. The van der Waals surface area contributed by atoms with Crippen molar-refractivity contribution >= 4 is 22.5 Å². The maximum absolute atomic E-state index is 8.87. The first-order valence-electron chi connectivity index (χ1n) is 8.78. The molecule has 6 nitrogen and oxygen atoms in total. The zero-order chi connectivity index (χ0) is 19.3. The standard InChI is InChI=1S/C22H17N5O/c1-15-5-10-20-21(26-15)24-14-25-22(20)27-18-3-2-4-19(11-18)28-13-17-8-6-16(12-23)7-9-17/h2-11,14H,13H2,1H3,(H,24,25,26,27). The van der Waals surface area contributed by atoms with Gasteiger partial charge in [-0.2, -0.15) is 5.26 Å². The Kier molecular flexibility index (Phi) is 4.81. The molecule has 0 atom stereocenters. The summed E-state index contributed by atoms with van der Waals surface area (Å²) in [6.45, 7) is 2.36. The van der Waals surface area contributed by atoms with Crippen LogP contribution in [-0.4, -0.2) is 15.0 Å². The number of anilines is 2. The van der Waals surface area contributed by atoms with Crippen LogP contribution in [0.2, 0.25) is 0 Å². The van der Waals surface area contributed by atoms with Crippen LogP contribution in [0.3, 0.4) is 0 Å². The largest absolute Gasteiger partial charge is 0.489 e. The van der Waals surface area contributed by atoms with E-state index in [1.165, 1.54) is 6.33 Å². The van der Waals surface area contributed by atoms with Crippen molar-refractivity contribution in [2.24, 2.45) is 0 Å². The maximum Gasteiger partial charge on any atom is 0.164 e. The number of ether oxygens (including phenoxy) is 1. The van der Waals surface area contributed by atoms with Gasteiger partial charge in [0.25, 0.3) is 0 Å². The summed E-state index contributed by atoms with van der Waals surface area (Å²) < 4.78 is 5.88. The molecule has 0 aliphatic rings. The summed E-state index contributed by atoms with van der Waals surface area (Å²) in [6.07, 6.45) is 1.50. The number of rotatable bonds is 5. The Labute approximate surface area is 162 Å². The fourth-order valence-electron chi connectivity index (χ4n) is 2.78. The minimum Gasteiger partial charge on any atom is -0.489 e. The molecule has 136 valence electrons. The molecule has 2 aromatic heterocycles. The van der Waals surface area contributed by atoms with Crippen molar-refractivity contribution in [1.82, 2.24) is 15.0 Å². The molecule has 0 amide bonds. The first-order chi connectivity index (χ1) is 13.7. The number of nitriles is 1. The minimum absolute atomic E-state index is 0.425. The number of nitrogens with zero attached hydrogens (tertiary/aromatic N) is 4. The van der Waals surface area contributed by atoms with Crippen LogP contribution in [0, 0.1) is 18.3 Å². The van der Waals surface area contributed by atoms with E-state index in [1.807, 2.05) is 55.5 Å². The van der Waals surface area contributed by atoms with Gasteiger partial charge in [0, 0.05) is 17.4 Å². The van der Waals surface area contributed by atoms with E-state index in [1.54, 1.807) is 12.1 Å². The second kappa shape index (κ2) is 7.72. The molecule has 0 saturated heterocycles. The molecule has 0 unspecified atom stereocenters. The second-order valence-corrected chi connectivity index (χ2v) is 6.30.